The van der Waals surface area contributed by atoms with Crippen LogP contribution in [-0.2, 0) is 0 Å². The van der Waals surface area contributed by atoms with Gasteiger partial charge in [0.15, 0.2) is 5.69 Å². The van der Waals surface area contributed by atoms with E-state index in [1.165, 1.54) is 4.68 Å². The minimum atomic E-state index is -0.213. The molecule has 0 atom stereocenters. The summed E-state index contributed by atoms with van der Waals surface area (Å²) >= 11 is 3.41. The van der Waals surface area contributed by atoms with Gasteiger partial charge in [0.25, 0.3) is 11.4 Å². The smallest absolute Gasteiger partial charge is 0.279 e. The molecule has 0 radical (unpaired) electrons. The van der Waals surface area contributed by atoms with E-state index in [9.17, 15) is 4.79 Å². The van der Waals surface area contributed by atoms with Crippen LogP contribution in [0.3, 0.4) is 0 Å². The molecule has 0 N–H and O–H groups in total. The molecule has 0 aliphatic heterocycles. The van der Waals surface area contributed by atoms with E-state index in [-0.39, 0.29) is 11.4 Å². The van der Waals surface area contributed by atoms with Crippen LogP contribution in [0, 0.1) is 0 Å². The first kappa shape index (κ1) is 17.5. The minimum Gasteiger partial charge on any atom is -0.332 e. The number of fused-ring (bicyclic) bond motifs is 1. The molecule has 0 saturated carbocycles. The van der Waals surface area contributed by atoms with Gasteiger partial charge in [-0.1, -0.05) is 69.6 Å². The zero-order valence-electron chi connectivity index (χ0n) is 15.0. The molecule has 0 spiro atoms. The van der Waals surface area contributed by atoms with Crippen LogP contribution in [-0.4, -0.2) is 19.9 Å². The summed E-state index contributed by atoms with van der Waals surface area (Å²) in [6, 6.07) is 24.2. The highest BCUT2D eigenvalue weighted by Crippen LogP contribution is 2.26. The number of benzene rings is 3. The molecule has 0 bridgehead atoms. The van der Waals surface area contributed by atoms with Crippen molar-refractivity contribution in [1.82, 2.24) is 19.9 Å². The van der Waals surface area contributed by atoms with E-state index in [0.717, 1.165) is 10.0 Å². The third kappa shape index (κ3) is 3.15. The summed E-state index contributed by atoms with van der Waals surface area (Å²) in [6.45, 7) is 0. The molecule has 0 fully saturated rings. The summed E-state index contributed by atoms with van der Waals surface area (Å²) < 4.78 is 7.79. The number of aromatic nitrogens is 4. The summed E-state index contributed by atoms with van der Waals surface area (Å²) in [6.07, 6.45) is 0. The molecule has 0 aliphatic carbocycles. The quantitative estimate of drug-likeness (QED) is 0.397. The maximum Gasteiger partial charge on any atom is 0.279 e. The van der Waals surface area contributed by atoms with E-state index in [1.807, 2.05) is 72.8 Å². The molecular formula is C22H13BrN4O2. The molecule has 6 nitrogen and oxygen atoms in total. The van der Waals surface area contributed by atoms with Gasteiger partial charge in [0.2, 0.25) is 5.82 Å². The molecule has 29 heavy (non-hydrogen) atoms. The Bertz CT molecular complexity index is 1380. The first-order valence-corrected chi connectivity index (χ1v) is 9.67. The van der Waals surface area contributed by atoms with Crippen molar-refractivity contribution in [2.45, 2.75) is 0 Å². The third-order valence-corrected chi connectivity index (χ3v) is 5.07. The molecular weight excluding hydrogens is 432 g/mol. The second-order valence-electron chi connectivity index (χ2n) is 6.38. The molecule has 3 aromatic carbocycles. The van der Waals surface area contributed by atoms with Gasteiger partial charge in [-0.2, -0.15) is 14.8 Å². The summed E-state index contributed by atoms with van der Waals surface area (Å²) in [7, 11) is 0. The minimum absolute atomic E-state index is 0.213. The fraction of sp³-hybridized carbons (Fsp3) is 0. The van der Waals surface area contributed by atoms with Crippen LogP contribution >= 0.6 is 15.9 Å². The number of rotatable bonds is 3. The highest BCUT2D eigenvalue weighted by atomic mass is 79.9. The number of hydrogen-bond donors (Lipinski definition) is 0. The van der Waals surface area contributed by atoms with Gasteiger partial charge < -0.3 is 4.52 Å². The Morgan fingerprint density at radius 3 is 2.28 bits per heavy atom. The van der Waals surface area contributed by atoms with E-state index in [1.54, 1.807) is 6.07 Å². The van der Waals surface area contributed by atoms with Crippen LogP contribution in [0.25, 0.3) is 39.4 Å². The Balaban J connectivity index is 1.74. The second kappa shape index (κ2) is 7.10. The Morgan fingerprint density at radius 2 is 1.52 bits per heavy atom. The zero-order valence-corrected chi connectivity index (χ0v) is 16.6. The van der Waals surface area contributed by atoms with Gasteiger partial charge in [-0.05, 0) is 30.3 Å². The van der Waals surface area contributed by atoms with Gasteiger partial charge in [0, 0.05) is 15.4 Å². The molecule has 0 aliphatic rings. The average Bonchev–Trinajstić information content (AvgIpc) is 3.26. The fourth-order valence-corrected chi connectivity index (χ4v) is 3.39. The number of hydrogen-bond acceptors (Lipinski definition) is 5. The molecule has 5 aromatic rings. The monoisotopic (exact) mass is 444 g/mol. The molecule has 0 amide bonds. The van der Waals surface area contributed by atoms with Gasteiger partial charge in [-0.15, -0.1) is 0 Å². The maximum atomic E-state index is 13.0. The van der Waals surface area contributed by atoms with E-state index >= 15 is 0 Å². The molecule has 0 saturated heterocycles. The van der Waals surface area contributed by atoms with Crippen molar-refractivity contribution in [2.24, 2.45) is 0 Å². The van der Waals surface area contributed by atoms with Gasteiger partial charge in [0.1, 0.15) is 0 Å². The molecule has 2 heterocycles. The van der Waals surface area contributed by atoms with Crippen LogP contribution in [0.15, 0.2) is 92.7 Å². The summed E-state index contributed by atoms with van der Waals surface area (Å²) in [5.41, 5.74) is 1.73. The predicted octanol–water partition coefficient (Wildman–Crippen LogP) is 4.87. The lowest BCUT2D eigenvalue weighted by molar-refractivity contribution is 0.430. The lowest BCUT2D eigenvalue weighted by Gasteiger charge is -2.09. The largest absolute Gasteiger partial charge is 0.332 e. The van der Waals surface area contributed by atoms with Crippen molar-refractivity contribution in [3.8, 4) is 28.7 Å². The Labute approximate surface area is 173 Å². The Morgan fingerprint density at radius 1 is 0.828 bits per heavy atom. The molecule has 7 heteroatoms. The van der Waals surface area contributed by atoms with E-state index in [0.29, 0.717) is 28.0 Å². The maximum absolute atomic E-state index is 13.0. The van der Waals surface area contributed by atoms with Gasteiger partial charge in [-0.3, -0.25) is 4.79 Å². The summed E-state index contributed by atoms with van der Waals surface area (Å²) in [4.78, 5) is 17.6. The first-order valence-electron chi connectivity index (χ1n) is 8.88. The van der Waals surface area contributed by atoms with Crippen LogP contribution in [0.1, 0.15) is 0 Å². The SMILES string of the molecule is O=c1c2ccccc2c(-c2nc(-c3ccccc3)no2)nn1-c1ccc(Br)cc1. The van der Waals surface area contributed by atoms with Gasteiger partial charge in [-0.25, -0.2) is 0 Å². The van der Waals surface area contributed by atoms with Crippen LogP contribution < -0.4 is 5.56 Å². The van der Waals surface area contributed by atoms with E-state index in [4.69, 9.17) is 4.52 Å². The standard InChI is InChI=1S/C22H13BrN4O2/c23-15-10-12-16(13-11-15)27-22(28)18-9-5-4-8-17(18)19(25-27)21-24-20(26-29-21)14-6-2-1-3-7-14/h1-13H. The zero-order chi connectivity index (χ0) is 19.8. The highest BCUT2D eigenvalue weighted by Gasteiger charge is 2.18. The lowest BCUT2D eigenvalue weighted by Crippen LogP contribution is -2.22. The predicted molar refractivity (Wildman–Crippen MR) is 114 cm³/mol. The van der Waals surface area contributed by atoms with E-state index < -0.39 is 0 Å². The van der Waals surface area contributed by atoms with Crippen molar-refractivity contribution >= 4 is 26.7 Å². The summed E-state index contributed by atoms with van der Waals surface area (Å²) in [5.74, 6) is 0.721. The van der Waals surface area contributed by atoms with Crippen molar-refractivity contribution < 1.29 is 4.52 Å². The van der Waals surface area contributed by atoms with Crippen molar-refractivity contribution in [1.29, 1.82) is 0 Å². The van der Waals surface area contributed by atoms with Crippen molar-refractivity contribution in [3.05, 3.63) is 93.7 Å². The first-order chi connectivity index (χ1) is 14.2. The van der Waals surface area contributed by atoms with Crippen LogP contribution in [0.5, 0.6) is 0 Å². The second-order valence-corrected chi connectivity index (χ2v) is 7.29. The third-order valence-electron chi connectivity index (χ3n) is 4.54. The molecule has 5 rings (SSSR count). The Hall–Kier alpha value is -3.58. The average molecular weight is 445 g/mol. The molecule has 2 aromatic heterocycles. The number of nitrogens with zero attached hydrogens (tertiary/aromatic N) is 4. The Kier molecular flexibility index (Phi) is 4.29. The van der Waals surface area contributed by atoms with Crippen molar-refractivity contribution in [3.63, 3.8) is 0 Å². The normalized spacial score (nSPS) is 11.1. The van der Waals surface area contributed by atoms with E-state index in [2.05, 4.69) is 31.2 Å². The number of halogens is 1. The van der Waals surface area contributed by atoms with Crippen LogP contribution in [0.4, 0.5) is 0 Å². The van der Waals surface area contributed by atoms with Crippen molar-refractivity contribution in [2.75, 3.05) is 0 Å². The topological polar surface area (TPSA) is 73.8 Å². The van der Waals surface area contributed by atoms with Gasteiger partial charge in [0.05, 0.1) is 11.1 Å². The lowest BCUT2D eigenvalue weighted by atomic mass is 10.1. The fourth-order valence-electron chi connectivity index (χ4n) is 3.13. The van der Waals surface area contributed by atoms with Gasteiger partial charge >= 0.3 is 0 Å². The highest BCUT2D eigenvalue weighted by molar-refractivity contribution is 9.10. The molecule has 140 valence electrons. The molecule has 0 unspecified atom stereocenters. The van der Waals surface area contributed by atoms with Crippen LogP contribution in [0.2, 0.25) is 0 Å². The summed E-state index contributed by atoms with van der Waals surface area (Å²) in [5, 5.41) is 9.85.